The van der Waals surface area contributed by atoms with Crippen molar-refractivity contribution in [3.63, 3.8) is 0 Å². The number of hydrogen-bond donors (Lipinski definition) is 0. The summed E-state index contributed by atoms with van der Waals surface area (Å²) in [6.07, 6.45) is 0. The average molecular weight is 271 g/mol. The van der Waals surface area contributed by atoms with Crippen molar-refractivity contribution in [2.45, 2.75) is 32.8 Å². The fraction of sp³-hybridized carbons (Fsp3) is 0.692. The lowest BCUT2D eigenvalue weighted by Gasteiger charge is -2.15. The lowest BCUT2D eigenvalue weighted by atomic mass is 9.91. The maximum absolute atomic E-state index is 11.7. The second kappa shape index (κ2) is 6.68. The summed E-state index contributed by atoms with van der Waals surface area (Å²) in [7, 11) is 2.91. The molecular weight excluding hydrogens is 250 g/mol. The molecule has 6 nitrogen and oxygen atoms in total. The Balaban J connectivity index is 2.85. The summed E-state index contributed by atoms with van der Waals surface area (Å²) in [4.78, 5) is 16.0. The van der Waals surface area contributed by atoms with Crippen LogP contribution in [0.3, 0.4) is 0 Å². The van der Waals surface area contributed by atoms with E-state index in [1.165, 1.54) is 7.11 Å². The molecule has 0 saturated heterocycles. The number of carbonyl (C=O) groups excluding carboxylic acids is 1. The van der Waals surface area contributed by atoms with Crippen LogP contribution >= 0.6 is 0 Å². The van der Waals surface area contributed by atoms with E-state index in [2.05, 4.69) is 4.98 Å². The van der Waals surface area contributed by atoms with Crippen LogP contribution in [0.4, 0.5) is 0 Å². The van der Waals surface area contributed by atoms with Crippen molar-refractivity contribution in [1.82, 2.24) is 4.98 Å². The molecule has 1 aromatic heterocycles. The van der Waals surface area contributed by atoms with Crippen molar-refractivity contribution < 1.29 is 23.4 Å². The maximum Gasteiger partial charge on any atom is 0.376 e. The standard InChI is InChI=1S/C13H21NO5/c1-13(2,3)11-10(12(15)17-5)19-9(14-11)8-18-7-6-16-4/h6-8H2,1-5H3. The van der Waals surface area contributed by atoms with E-state index in [4.69, 9.17) is 18.6 Å². The Hall–Kier alpha value is -1.40. The molecule has 0 unspecified atom stereocenters. The SMILES string of the molecule is COCCOCc1nc(C(C)(C)C)c(C(=O)OC)o1. The van der Waals surface area contributed by atoms with E-state index in [-0.39, 0.29) is 17.8 Å². The molecule has 0 atom stereocenters. The average Bonchev–Trinajstić information content (AvgIpc) is 2.78. The third-order valence-corrected chi connectivity index (χ3v) is 2.41. The molecule has 0 fully saturated rings. The van der Waals surface area contributed by atoms with Crippen LogP contribution in [0.1, 0.15) is 42.9 Å². The zero-order valence-electron chi connectivity index (χ0n) is 12.1. The van der Waals surface area contributed by atoms with Crippen LogP contribution in [-0.2, 0) is 26.2 Å². The van der Waals surface area contributed by atoms with Crippen molar-refractivity contribution in [2.75, 3.05) is 27.4 Å². The molecule has 0 radical (unpaired) electrons. The second-order valence-corrected chi connectivity index (χ2v) is 5.07. The van der Waals surface area contributed by atoms with Crippen molar-refractivity contribution in [3.8, 4) is 0 Å². The molecule has 108 valence electrons. The van der Waals surface area contributed by atoms with Crippen molar-refractivity contribution in [3.05, 3.63) is 17.3 Å². The van der Waals surface area contributed by atoms with E-state index in [9.17, 15) is 4.79 Å². The van der Waals surface area contributed by atoms with Gasteiger partial charge in [-0.2, -0.15) is 0 Å². The Morgan fingerprint density at radius 1 is 1.26 bits per heavy atom. The fourth-order valence-corrected chi connectivity index (χ4v) is 1.47. The minimum atomic E-state index is -0.527. The number of hydrogen-bond acceptors (Lipinski definition) is 6. The summed E-state index contributed by atoms with van der Waals surface area (Å²) in [5, 5.41) is 0. The molecule has 0 bridgehead atoms. The van der Waals surface area contributed by atoms with Gasteiger partial charge in [-0.1, -0.05) is 20.8 Å². The molecule has 0 aliphatic heterocycles. The molecular formula is C13H21NO5. The number of aromatic nitrogens is 1. The normalized spacial score (nSPS) is 11.6. The van der Waals surface area contributed by atoms with E-state index >= 15 is 0 Å². The van der Waals surface area contributed by atoms with Gasteiger partial charge in [-0.25, -0.2) is 9.78 Å². The topological polar surface area (TPSA) is 70.8 Å². The van der Waals surface area contributed by atoms with Gasteiger partial charge in [0.25, 0.3) is 0 Å². The van der Waals surface area contributed by atoms with E-state index < -0.39 is 5.97 Å². The first-order valence-electron chi connectivity index (χ1n) is 6.05. The smallest absolute Gasteiger partial charge is 0.376 e. The second-order valence-electron chi connectivity index (χ2n) is 5.07. The monoisotopic (exact) mass is 271 g/mol. The molecule has 0 aliphatic carbocycles. The summed E-state index contributed by atoms with van der Waals surface area (Å²) in [6.45, 7) is 6.99. The van der Waals surface area contributed by atoms with Crippen LogP contribution in [0.15, 0.2) is 4.42 Å². The third kappa shape index (κ3) is 4.33. The molecule has 1 rings (SSSR count). The predicted octanol–water partition coefficient (Wildman–Crippen LogP) is 1.92. The zero-order chi connectivity index (χ0) is 14.5. The molecule has 0 aromatic carbocycles. The Morgan fingerprint density at radius 2 is 1.95 bits per heavy atom. The van der Waals surface area contributed by atoms with Crippen molar-refractivity contribution in [1.29, 1.82) is 0 Å². The van der Waals surface area contributed by atoms with Gasteiger partial charge in [0.2, 0.25) is 11.7 Å². The van der Waals surface area contributed by atoms with Gasteiger partial charge in [-0.05, 0) is 0 Å². The van der Waals surface area contributed by atoms with E-state index in [0.717, 1.165) is 0 Å². The Morgan fingerprint density at radius 3 is 2.47 bits per heavy atom. The summed E-state index contributed by atoms with van der Waals surface area (Å²) in [5.74, 6) is -0.0256. The Bertz CT molecular complexity index is 419. The van der Waals surface area contributed by atoms with Gasteiger partial charge >= 0.3 is 5.97 Å². The van der Waals surface area contributed by atoms with Crippen LogP contribution in [0.25, 0.3) is 0 Å². The maximum atomic E-state index is 11.7. The summed E-state index contributed by atoms with van der Waals surface area (Å²) < 4.78 is 20.3. The molecule has 19 heavy (non-hydrogen) atoms. The molecule has 0 spiro atoms. The summed E-state index contributed by atoms with van der Waals surface area (Å²) in [5.41, 5.74) is 0.266. The molecule has 0 N–H and O–H groups in total. The van der Waals surface area contributed by atoms with Gasteiger partial charge in [-0.15, -0.1) is 0 Å². The van der Waals surface area contributed by atoms with Gasteiger partial charge in [0, 0.05) is 12.5 Å². The van der Waals surface area contributed by atoms with Gasteiger partial charge < -0.3 is 18.6 Å². The Labute approximate surface area is 113 Å². The zero-order valence-corrected chi connectivity index (χ0v) is 12.1. The van der Waals surface area contributed by atoms with Crippen molar-refractivity contribution in [2.24, 2.45) is 0 Å². The first-order chi connectivity index (χ1) is 8.90. The molecule has 1 aromatic rings. The van der Waals surface area contributed by atoms with E-state index in [1.54, 1.807) is 7.11 Å². The fourth-order valence-electron chi connectivity index (χ4n) is 1.47. The van der Waals surface area contributed by atoms with Gasteiger partial charge in [-0.3, -0.25) is 0 Å². The number of ether oxygens (including phenoxy) is 3. The van der Waals surface area contributed by atoms with Gasteiger partial charge in [0.1, 0.15) is 6.61 Å². The number of carbonyl (C=O) groups is 1. The molecule has 0 amide bonds. The highest BCUT2D eigenvalue weighted by atomic mass is 16.5. The van der Waals surface area contributed by atoms with Gasteiger partial charge in [0.15, 0.2) is 0 Å². The van der Waals surface area contributed by atoms with Crippen molar-refractivity contribution >= 4 is 5.97 Å². The highest BCUT2D eigenvalue weighted by molar-refractivity contribution is 5.87. The molecule has 6 heteroatoms. The van der Waals surface area contributed by atoms with Crippen LogP contribution < -0.4 is 0 Å². The number of oxazole rings is 1. The minimum Gasteiger partial charge on any atom is -0.463 e. The molecule has 0 saturated carbocycles. The lowest BCUT2D eigenvalue weighted by molar-refractivity contribution is 0.0472. The first kappa shape index (κ1) is 15.7. The predicted molar refractivity (Wildman–Crippen MR) is 68.1 cm³/mol. The highest BCUT2D eigenvalue weighted by Gasteiger charge is 2.29. The van der Waals surface area contributed by atoms with E-state index in [0.29, 0.717) is 24.8 Å². The van der Waals surface area contributed by atoms with E-state index in [1.807, 2.05) is 20.8 Å². The highest BCUT2D eigenvalue weighted by Crippen LogP contribution is 2.26. The number of rotatable bonds is 6. The lowest BCUT2D eigenvalue weighted by Crippen LogP contribution is -2.17. The number of methoxy groups -OCH3 is 2. The summed E-state index contributed by atoms with van der Waals surface area (Å²) >= 11 is 0. The number of esters is 1. The van der Waals surface area contributed by atoms with Crippen LogP contribution in [-0.4, -0.2) is 38.4 Å². The summed E-state index contributed by atoms with van der Waals surface area (Å²) in [6, 6.07) is 0. The van der Waals surface area contributed by atoms with Crippen LogP contribution in [0.2, 0.25) is 0 Å². The first-order valence-corrected chi connectivity index (χ1v) is 6.05. The number of nitrogens with zero attached hydrogens (tertiary/aromatic N) is 1. The van der Waals surface area contributed by atoms with Crippen LogP contribution in [0.5, 0.6) is 0 Å². The van der Waals surface area contributed by atoms with Crippen LogP contribution in [0, 0.1) is 0 Å². The quantitative estimate of drug-likeness (QED) is 0.581. The third-order valence-electron chi connectivity index (χ3n) is 2.41. The molecule has 1 heterocycles. The van der Waals surface area contributed by atoms with Gasteiger partial charge in [0.05, 0.1) is 26.0 Å². The minimum absolute atomic E-state index is 0.139. The Kier molecular flexibility index (Phi) is 5.50. The largest absolute Gasteiger partial charge is 0.463 e. The molecule has 0 aliphatic rings.